The number of rotatable bonds is 4. The molecule has 1 amide bonds. The second-order valence-corrected chi connectivity index (χ2v) is 11.0. The molecule has 0 bridgehead atoms. The molecule has 3 atom stereocenters. The quantitative estimate of drug-likeness (QED) is 0.486. The summed E-state index contributed by atoms with van der Waals surface area (Å²) in [6, 6.07) is 5.53. The Kier molecular flexibility index (Phi) is 6.28. The van der Waals surface area contributed by atoms with Crippen molar-refractivity contribution >= 4 is 51.7 Å². The fourth-order valence-electron chi connectivity index (χ4n) is 5.07. The number of hydrogen-bond donors (Lipinski definition) is 0. The van der Waals surface area contributed by atoms with Crippen molar-refractivity contribution in [2.75, 3.05) is 31.1 Å². The molecule has 174 valence electrons. The molecule has 2 aromatic heterocycles. The maximum atomic E-state index is 13.6. The van der Waals surface area contributed by atoms with Gasteiger partial charge in [-0.05, 0) is 49.3 Å². The van der Waals surface area contributed by atoms with Gasteiger partial charge in [0.2, 0.25) is 0 Å². The third-order valence-corrected chi connectivity index (χ3v) is 7.85. The van der Waals surface area contributed by atoms with E-state index < -0.39 is 0 Å². The third-order valence-electron chi connectivity index (χ3n) is 6.48. The van der Waals surface area contributed by atoms with Gasteiger partial charge in [0.1, 0.15) is 15.8 Å². The van der Waals surface area contributed by atoms with Crippen molar-refractivity contribution in [2.24, 2.45) is 11.8 Å². The summed E-state index contributed by atoms with van der Waals surface area (Å²) < 4.78 is 7.75. The topological polar surface area (TPSA) is 67.2 Å². The molecule has 3 saturated heterocycles. The smallest absolute Gasteiger partial charge is 0.267 e. The van der Waals surface area contributed by atoms with Crippen LogP contribution in [0.3, 0.4) is 0 Å². The predicted molar refractivity (Wildman–Crippen MR) is 135 cm³/mol. The summed E-state index contributed by atoms with van der Waals surface area (Å²) in [7, 11) is 0. The molecule has 0 spiro atoms. The first-order chi connectivity index (χ1) is 15.9. The van der Waals surface area contributed by atoms with Crippen molar-refractivity contribution in [1.29, 1.82) is 0 Å². The van der Waals surface area contributed by atoms with Crippen molar-refractivity contribution in [3.63, 3.8) is 0 Å². The highest BCUT2D eigenvalue weighted by Crippen LogP contribution is 2.35. The number of carbonyl (C=O) groups excluding carboxylic acids is 1. The van der Waals surface area contributed by atoms with Gasteiger partial charge in [0, 0.05) is 25.9 Å². The minimum atomic E-state index is -0.175. The lowest BCUT2D eigenvalue weighted by molar-refractivity contribution is -0.123. The van der Waals surface area contributed by atoms with Crippen LogP contribution in [0, 0.1) is 11.8 Å². The van der Waals surface area contributed by atoms with Crippen LogP contribution in [-0.2, 0) is 9.53 Å². The third kappa shape index (κ3) is 4.46. The molecule has 0 saturated carbocycles. The van der Waals surface area contributed by atoms with Gasteiger partial charge in [-0.1, -0.05) is 43.9 Å². The normalized spacial score (nSPS) is 27.3. The van der Waals surface area contributed by atoms with E-state index in [1.807, 2.05) is 18.2 Å². The van der Waals surface area contributed by atoms with Crippen LogP contribution in [-0.4, -0.2) is 56.9 Å². The Morgan fingerprint density at radius 1 is 1.24 bits per heavy atom. The second kappa shape index (κ2) is 9.19. The molecule has 0 aromatic carbocycles. The lowest BCUT2D eigenvalue weighted by Crippen LogP contribution is -2.40. The van der Waals surface area contributed by atoms with Crippen LogP contribution < -0.4 is 10.5 Å². The van der Waals surface area contributed by atoms with Gasteiger partial charge < -0.3 is 9.64 Å². The number of aromatic nitrogens is 2. The molecule has 3 fully saturated rings. The molecule has 3 aliphatic heterocycles. The van der Waals surface area contributed by atoms with Crippen molar-refractivity contribution in [2.45, 2.75) is 39.2 Å². The van der Waals surface area contributed by atoms with Crippen LogP contribution in [0.25, 0.3) is 11.7 Å². The van der Waals surface area contributed by atoms with Crippen molar-refractivity contribution in [3.8, 4) is 0 Å². The lowest BCUT2D eigenvalue weighted by Gasteiger charge is -2.36. The van der Waals surface area contributed by atoms with E-state index in [4.69, 9.17) is 21.9 Å². The minimum absolute atomic E-state index is 0.0201. The first-order valence-corrected chi connectivity index (χ1v) is 12.8. The second-order valence-electron chi connectivity index (χ2n) is 9.36. The Balaban J connectivity index is 1.56. The highest BCUT2D eigenvalue weighted by Gasteiger charge is 2.35. The number of hydrogen-bond acceptors (Lipinski definition) is 7. The van der Waals surface area contributed by atoms with Crippen LogP contribution in [0.2, 0.25) is 0 Å². The highest BCUT2D eigenvalue weighted by molar-refractivity contribution is 8.26. The van der Waals surface area contributed by atoms with E-state index in [1.165, 1.54) is 11.8 Å². The van der Waals surface area contributed by atoms with E-state index in [0.29, 0.717) is 44.6 Å². The molecule has 0 N–H and O–H groups in total. The predicted octanol–water partition coefficient (Wildman–Crippen LogP) is 3.56. The zero-order valence-corrected chi connectivity index (χ0v) is 20.5. The number of anilines is 1. The Labute approximate surface area is 202 Å². The van der Waals surface area contributed by atoms with E-state index in [-0.39, 0.29) is 17.6 Å². The van der Waals surface area contributed by atoms with E-state index in [1.54, 1.807) is 21.6 Å². The van der Waals surface area contributed by atoms with Crippen LogP contribution in [0.1, 0.15) is 38.7 Å². The van der Waals surface area contributed by atoms with Gasteiger partial charge in [-0.2, -0.15) is 0 Å². The molecule has 0 unspecified atom stereocenters. The summed E-state index contributed by atoms with van der Waals surface area (Å²) >= 11 is 6.76. The molecule has 2 aromatic rings. The number of nitrogens with zero attached hydrogens (tertiary/aromatic N) is 4. The summed E-state index contributed by atoms with van der Waals surface area (Å²) in [6.45, 7) is 7.32. The first kappa shape index (κ1) is 22.6. The van der Waals surface area contributed by atoms with Gasteiger partial charge in [0.15, 0.2) is 0 Å². The molecule has 3 aliphatic rings. The zero-order valence-electron chi connectivity index (χ0n) is 18.9. The maximum Gasteiger partial charge on any atom is 0.267 e. The summed E-state index contributed by atoms with van der Waals surface area (Å²) in [5.41, 5.74) is 0.870. The van der Waals surface area contributed by atoms with E-state index in [9.17, 15) is 9.59 Å². The monoisotopic (exact) mass is 484 g/mol. The van der Waals surface area contributed by atoms with Crippen LogP contribution in [0.15, 0.2) is 34.1 Å². The molecule has 0 radical (unpaired) electrons. The van der Waals surface area contributed by atoms with E-state index in [0.717, 1.165) is 39.0 Å². The molecule has 33 heavy (non-hydrogen) atoms. The van der Waals surface area contributed by atoms with Gasteiger partial charge >= 0.3 is 0 Å². The van der Waals surface area contributed by atoms with E-state index >= 15 is 0 Å². The average molecular weight is 485 g/mol. The molecule has 7 nitrogen and oxygen atoms in total. The van der Waals surface area contributed by atoms with Gasteiger partial charge in [-0.15, -0.1) is 0 Å². The average Bonchev–Trinajstić information content (AvgIpc) is 3.39. The summed E-state index contributed by atoms with van der Waals surface area (Å²) in [4.78, 5) is 35.9. The number of piperidine rings is 1. The van der Waals surface area contributed by atoms with Gasteiger partial charge in [0.25, 0.3) is 11.5 Å². The lowest BCUT2D eigenvalue weighted by atomic mass is 9.91. The SMILES string of the molecule is C[C@@H]1C[C@H](C)CN(c2nc3ccccn3c(=O)c2/C=C2/SC(=S)N(C[C@H]3CCCO3)C2=O)C1. The molecular weight excluding hydrogens is 456 g/mol. The standard InChI is InChI=1S/C24H28N4O3S2/c1-15-10-16(2)13-26(12-15)21-18(22(29)27-8-4-3-7-20(27)25-21)11-19-23(30)28(24(32)33-19)14-17-6-5-9-31-17/h3-4,7-8,11,15-17H,5-6,9-10,12-14H2,1-2H3/b19-11+/t15-,16+,17-/m1/s1. The van der Waals surface area contributed by atoms with E-state index in [2.05, 4.69) is 18.7 Å². The summed E-state index contributed by atoms with van der Waals surface area (Å²) in [6.07, 6.45) is 6.53. The molecule has 9 heteroatoms. The van der Waals surface area contributed by atoms with Gasteiger partial charge in [-0.25, -0.2) is 4.98 Å². The highest BCUT2D eigenvalue weighted by atomic mass is 32.2. The Morgan fingerprint density at radius 2 is 2.03 bits per heavy atom. The Morgan fingerprint density at radius 3 is 2.76 bits per heavy atom. The molecule has 5 heterocycles. The molecular formula is C24H28N4O3S2. The van der Waals surface area contributed by atoms with Crippen LogP contribution in [0.4, 0.5) is 5.82 Å². The first-order valence-electron chi connectivity index (χ1n) is 11.5. The summed E-state index contributed by atoms with van der Waals surface area (Å²) in [5, 5.41) is 0. The Hall–Kier alpha value is -2.23. The maximum absolute atomic E-state index is 13.6. The number of thioether (sulfide) groups is 1. The number of thiocarbonyl (C=S) groups is 1. The zero-order chi connectivity index (χ0) is 23.1. The van der Waals surface area contributed by atoms with Gasteiger partial charge in [-0.3, -0.25) is 18.9 Å². The fraction of sp³-hybridized carbons (Fsp3) is 0.500. The van der Waals surface area contributed by atoms with Crippen molar-refractivity contribution in [3.05, 3.63) is 45.2 Å². The van der Waals surface area contributed by atoms with Crippen LogP contribution >= 0.6 is 24.0 Å². The number of carbonyl (C=O) groups is 1. The fourth-order valence-corrected chi connectivity index (χ4v) is 6.33. The van der Waals surface area contributed by atoms with Gasteiger partial charge in [0.05, 0.1) is 23.1 Å². The molecule has 0 aliphatic carbocycles. The molecule has 5 rings (SSSR count). The largest absolute Gasteiger partial charge is 0.376 e. The number of pyridine rings is 1. The van der Waals surface area contributed by atoms with Crippen LogP contribution in [0.5, 0.6) is 0 Å². The Bertz CT molecular complexity index is 1180. The number of fused-ring (bicyclic) bond motifs is 1. The number of amides is 1. The minimum Gasteiger partial charge on any atom is -0.376 e. The number of ether oxygens (including phenoxy) is 1. The van der Waals surface area contributed by atoms with Crippen molar-refractivity contribution in [1.82, 2.24) is 14.3 Å². The van der Waals surface area contributed by atoms with Crippen molar-refractivity contribution < 1.29 is 9.53 Å². The summed E-state index contributed by atoms with van der Waals surface area (Å²) in [5.74, 6) is 1.49.